The molecular weight excluding hydrogens is 1010 g/mol. The lowest BCUT2D eigenvalue weighted by Crippen LogP contribution is -2.30. The molecule has 0 bridgehead atoms. The topological polar surface area (TPSA) is 78.9 Å². The molecule has 0 aromatic heterocycles. The fourth-order valence-electron chi connectivity index (χ4n) is 11.0. The molecule has 0 saturated heterocycles. The molecule has 0 spiro atoms. The molecule has 82 heavy (non-hydrogen) atoms. The van der Waals surface area contributed by atoms with Crippen molar-refractivity contribution in [3.63, 3.8) is 0 Å². The number of esters is 3. The maximum absolute atomic E-state index is 13.0. The van der Waals surface area contributed by atoms with E-state index in [1.807, 2.05) is 0 Å². The first-order valence-electron chi connectivity index (χ1n) is 36.6. The summed E-state index contributed by atoms with van der Waals surface area (Å²) in [4.78, 5) is 38.5. The molecule has 0 amide bonds. The lowest BCUT2D eigenvalue weighted by molar-refractivity contribution is -0.167. The molecule has 6 nitrogen and oxygen atoms in total. The summed E-state index contributed by atoms with van der Waals surface area (Å²) < 4.78 is 17.0. The summed E-state index contributed by atoms with van der Waals surface area (Å²) in [5, 5.41) is 0. The average molecular weight is 1150 g/mol. The summed E-state index contributed by atoms with van der Waals surface area (Å²) in [5.74, 6) is -0.862. The van der Waals surface area contributed by atoms with E-state index in [2.05, 4.69) is 69.4 Å². The van der Waals surface area contributed by atoms with E-state index >= 15 is 0 Å². The number of unbranched alkanes of at least 4 members (excludes halogenated alkanes) is 49. The maximum atomic E-state index is 13.0. The number of rotatable bonds is 68. The Morgan fingerprint density at radius 3 is 0.695 bits per heavy atom. The molecule has 0 radical (unpaired) electrons. The van der Waals surface area contributed by atoms with E-state index in [4.69, 9.17) is 14.2 Å². The molecule has 0 saturated carbocycles. The first-order chi connectivity index (χ1) is 40.5. The second kappa shape index (κ2) is 70.9. The zero-order valence-electron chi connectivity index (χ0n) is 55.3. The van der Waals surface area contributed by atoms with Gasteiger partial charge in [0.1, 0.15) is 13.2 Å². The van der Waals surface area contributed by atoms with Gasteiger partial charge in [-0.2, -0.15) is 0 Å². The molecular formula is C76H140O6. The van der Waals surface area contributed by atoms with Crippen LogP contribution in [-0.4, -0.2) is 37.2 Å². The van der Waals surface area contributed by atoms with E-state index in [0.29, 0.717) is 19.3 Å². The number of allylic oxidation sites excluding steroid dienone is 8. The lowest BCUT2D eigenvalue weighted by atomic mass is 10.0. The second-order valence-electron chi connectivity index (χ2n) is 24.9. The summed E-state index contributed by atoms with van der Waals surface area (Å²) >= 11 is 0. The quantitative estimate of drug-likeness (QED) is 0.0261. The Morgan fingerprint density at radius 2 is 0.439 bits per heavy atom. The van der Waals surface area contributed by atoms with Crippen LogP contribution in [0, 0.1) is 0 Å². The minimum Gasteiger partial charge on any atom is -0.462 e. The molecule has 1 unspecified atom stereocenters. The van der Waals surface area contributed by atoms with E-state index in [1.165, 1.54) is 276 Å². The predicted octanol–water partition coefficient (Wildman–Crippen LogP) is 25.3. The molecule has 0 aliphatic heterocycles. The number of carbonyl (C=O) groups excluding carboxylic acids is 3. The minimum atomic E-state index is -0.781. The largest absolute Gasteiger partial charge is 0.462 e. The zero-order chi connectivity index (χ0) is 59.2. The summed E-state index contributed by atoms with van der Waals surface area (Å²) in [6.45, 7) is 6.69. The molecule has 0 N–H and O–H groups in total. The Morgan fingerprint density at radius 1 is 0.244 bits per heavy atom. The van der Waals surface area contributed by atoms with Crippen molar-refractivity contribution >= 4 is 17.9 Å². The Hall–Kier alpha value is -2.63. The molecule has 480 valence electrons. The van der Waals surface area contributed by atoms with Gasteiger partial charge in [0.25, 0.3) is 0 Å². The third-order valence-electron chi connectivity index (χ3n) is 16.6. The van der Waals surface area contributed by atoms with Crippen LogP contribution in [0.15, 0.2) is 48.6 Å². The van der Waals surface area contributed by atoms with Crippen LogP contribution in [0.25, 0.3) is 0 Å². The fourth-order valence-corrected chi connectivity index (χ4v) is 11.0. The van der Waals surface area contributed by atoms with Crippen molar-refractivity contribution in [1.82, 2.24) is 0 Å². The number of hydrogen-bond acceptors (Lipinski definition) is 6. The van der Waals surface area contributed by atoms with Gasteiger partial charge in [-0.15, -0.1) is 0 Å². The van der Waals surface area contributed by atoms with Crippen molar-refractivity contribution in [2.75, 3.05) is 13.2 Å². The standard InChI is InChI=1S/C76H140O6/c1-4-7-10-13-16-19-22-25-28-31-33-35-37-38-40-41-43-45-48-51-54-57-60-63-66-69-75(78)81-72-73(71-80-74(77)68-65-62-59-56-53-50-47-30-27-24-21-18-15-12-9-6-3)82-76(79)70-67-64-61-58-55-52-49-46-44-42-39-36-34-32-29-26-23-20-17-14-11-8-5-2/h23,26,30,32,34,39,42,47,73H,4-22,24-25,27-29,31,33,35-38,40-41,43-46,48-72H2,1-3H3/b26-23-,34-32-,42-39-,47-30-. The van der Waals surface area contributed by atoms with Crippen LogP contribution in [-0.2, 0) is 28.6 Å². The van der Waals surface area contributed by atoms with Gasteiger partial charge < -0.3 is 14.2 Å². The van der Waals surface area contributed by atoms with Gasteiger partial charge in [-0.25, -0.2) is 0 Å². The lowest BCUT2D eigenvalue weighted by Gasteiger charge is -2.18. The van der Waals surface area contributed by atoms with Crippen molar-refractivity contribution in [1.29, 1.82) is 0 Å². The van der Waals surface area contributed by atoms with E-state index in [0.717, 1.165) is 83.5 Å². The van der Waals surface area contributed by atoms with Gasteiger partial charge in [-0.3, -0.25) is 14.4 Å². The van der Waals surface area contributed by atoms with Gasteiger partial charge >= 0.3 is 17.9 Å². The van der Waals surface area contributed by atoms with Gasteiger partial charge in [0.2, 0.25) is 0 Å². The molecule has 0 aromatic rings. The minimum absolute atomic E-state index is 0.0746. The van der Waals surface area contributed by atoms with Crippen molar-refractivity contribution in [2.24, 2.45) is 0 Å². The van der Waals surface area contributed by atoms with Gasteiger partial charge in [0, 0.05) is 19.3 Å². The normalized spacial score (nSPS) is 12.3. The van der Waals surface area contributed by atoms with Gasteiger partial charge in [-0.1, -0.05) is 345 Å². The third-order valence-corrected chi connectivity index (χ3v) is 16.6. The molecule has 1 atom stereocenters. The van der Waals surface area contributed by atoms with Crippen molar-refractivity contribution < 1.29 is 28.6 Å². The van der Waals surface area contributed by atoms with Crippen LogP contribution in [0.2, 0.25) is 0 Å². The third kappa shape index (κ3) is 68.2. The summed E-state index contributed by atoms with van der Waals surface area (Å²) in [6.07, 6.45) is 90.0. The Balaban J connectivity index is 4.30. The van der Waals surface area contributed by atoms with Crippen molar-refractivity contribution in [2.45, 2.75) is 406 Å². The van der Waals surface area contributed by atoms with Crippen LogP contribution in [0.4, 0.5) is 0 Å². The van der Waals surface area contributed by atoms with Gasteiger partial charge in [0.15, 0.2) is 6.10 Å². The molecule has 0 aliphatic rings. The smallest absolute Gasteiger partial charge is 0.306 e. The SMILES string of the molecule is CCCCCCC/C=C\C/C=C\C/C=C\CCCCCCCCCCC(=O)OC(COC(=O)CCCCCCC/C=C\CCCCCCCCC)COC(=O)CCCCCCCCCCCCCCCCCCCCCCCCCCC. The highest BCUT2D eigenvalue weighted by Gasteiger charge is 2.19. The maximum Gasteiger partial charge on any atom is 0.306 e. The zero-order valence-corrected chi connectivity index (χ0v) is 55.3. The van der Waals surface area contributed by atoms with E-state index < -0.39 is 6.10 Å². The van der Waals surface area contributed by atoms with Crippen LogP contribution in [0.1, 0.15) is 400 Å². The van der Waals surface area contributed by atoms with Crippen LogP contribution in [0.3, 0.4) is 0 Å². The van der Waals surface area contributed by atoms with E-state index in [9.17, 15) is 14.4 Å². The molecule has 0 aliphatic carbocycles. The second-order valence-corrected chi connectivity index (χ2v) is 24.9. The van der Waals surface area contributed by atoms with Crippen molar-refractivity contribution in [3.05, 3.63) is 48.6 Å². The molecule has 6 heteroatoms. The number of ether oxygens (including phenoxy) is 3. The Labute approximate surface area is 511 Å². The van der Waals surface area contributed by atoms with Gasteiger partial charge in [0.05, 0.1) is 0 Å². The Kier molecular flexibility index (Phi) is 68.6. The highest BCUT2D eigenvalue weighted by atomic mass is 16.6. The van der Waals surface area contributed by atoms with E-state index in [1.54, 1.807) is 0 Å². The van der Waals surface area contributed by atoms with E-state index in [-0.39, 0.29) is 31.1 Å². The highest BCUT2D eigenvalue weighted by molar-refractivity contribution is 5.71. The molecule has 0 rings (SSSR count). The summed E-state index contributed by atoms with van der Waals surface area (Å²) in [5.41, 5.74) is 0. The Bertz CT molecular complexity index is 1410. The molecule has 0 heterocycles. The van der Waals surface area contributed by atoms with Crippen LogP contribution < -0.4 is 0 Å². The average Bonchev–Trinajstić information content (AvgIpc) is 3.47. The molecule has 0 fully saturated rings. The molecule has 0 aromatic carbocycles. The van der Waals surface area contributed by atoms with Crippen LogP contribution in [0.5, 0.6) is 0 Å². The highest BCUT2D eigenvalue weighted by Crippen LogP contribution is 2.18. The number of hydrogen-bond donors (Lipinski definition) is 0. The van der Waals surface area contributed by atoms with Crippen LogP contribution >= 0.6 is 0 Å². The monoisotopic (exact) mass is 1150 g/mol. The van der Waals surface area contributed by atoms with Crippen molar-refractivity contribution in [3.8, 4) is 0 Å². The predicted molar refractivity (Wildman–Crippen MR) is 358 cm³/mol. The first-order valence-corrected chi connectivity index (χ1v) is 36.6. The first kappa shape index (κ1) is 79.4. The number of carbonyl (C=O) groups is 3. The van der Waals surface area contributed by atoms with Gasteiger partial charge in [-0.05, 0) is 83.5 Å². The fraction of sp³-hybridized carbons (Fsp3) is 0.855. The summed E-state index contributed by atoms with van der Waals surface area (Å²) in [7, 11) is 0. The summed E-state index contributed by atoms with van der Waals surface area (Å²) in [6, 6.07) is 0.